The third-order valence-corrected chi connectivity index (χ3v) is 2.33. The number of carbonyl (C=O) groups is 1. The van der Waals surface area contributed by atoms with E-state index in [9.17, 15) is 4.79 Å². The molecule has 4 nitrogen and oxygen atoms in total. The van der Waals surface area contributed by atoms with Gasteiger partial charge in [-0.25, -0.2) is 0 Å². The van der Waals surface area contributed by atoms with Gasteiger partial charge in [-0.1, -0.05) is 19.3 Å². The number of ether oxygens (including phenoxy) is 1. The van der Waals surface area contributed by atoms with Crippen LogP contribution >= 0.6 is 0 Å². The monoisotopic (exact) mass is 231 g/mol. The number of hydrogen-bond acceptors (Lipinski definition) is 4. The van der Waals surface area contributed by atoms with Gasteiger partial charge in [-0.05, 0) is 26.3 Å². The minimum Gasteiger partial charge on any atom is -0.466 e. The molecule has 0 rings (SSSR count). The maximum Gasteiger partial charge on any atom is 0.305 e. The van der Waals surface area contributed by atoms with E-state index in [2.05, 4.69) is 5.32 Å². The van der Waals surface area contributed by atoms with Gasteiger partial charge in [0.1, 0.15) is 0 Å². The molecule has 0 saturated carbocycles. The topological polar surface area (TPSA) is 58.6 Å². The van der Waals surface area contributed by atoms with Crippen LogP contribution in [0, 0.1) is 0 Å². The summed E-state index contributed by atoms with van der Waals surface area (Å²) >= 11 is 0. The number of unbranched alkanes of at least 4 members (excludes halogenated alkanes) is 4. The summed E-state index contributed by atoms with van der Waals surface area (Å²) in [4.78, 5) is 11.0. The first-order valence-corrected chi connectivity index (χ1v) is 6.28. The van der Waals surface area contributed by atoms with Crippen LogP contribution in [0.2, 0.25) is 0 Å². The quantitative estimate of drug-likeness (QED) is 0.417. The normalized spacial score (nSPS) is 10.4. The number of rotatable bonds is 11. The van der Waals surface area contributed by atoms with Gasteiger partial charge in [0, 0.05) is 13.0 Å². The Hall–Kier alpha value is -0.610. The zero-order valence-electron chi connectivity index (χ0n) is 10.3. The molecule has 0 saturated heterocycles. The Labute approximate surface area is 98.4 Å². The van der Waals surface area contributed by atoms with E-state index in [0.717, 1.165) is 25.8 Å². The minimum atomic E-state index is -0.0767. The van der Waals surface area contributed by atoms with Crippen LogP contribution in [0.15, 0.2) is 0 Å². The molecule has 0 aliphatic carbocycles. The lowest BCUT2D eigenvalue weighted by molar-refractivity contribution is -0.143. The molecule has 0 aliphatic heterocycles. The summed E-state index contributed by atoms with van der Waals surface area (Å²) in [5.41, 5.74) is 0. The van der Waals surface area contributed by atoms with Crippen molar-refractivity contribution >= 4 is 5.97 Å². The Morgan fingerprint density at radius 3 is 2.50 bits per heavy atom. The summed E-state index contributed by atoms with van der Waals surface area (Å²) in [5.74, 6) is -0.0767. The molecule has 0 unspecified atom stereocenters. The fourth-order valence-electron chi connectivity index (χ4n) is 1.49. The number of aliphatic hydroxyl groups is 1. The summed E-state index contributed by atoms with van der Waals surface area (Å²) in [6.45, 7) is 4.17. The molecule has 0 spiro atoms. The van der Waals surface area contributed by atoms with Crippen LogP contribution < -0.4 is 5.32 Å². The summed E-state index contributed by atoms with van der Waals surface area (Å²) < 4.78 is 4.84. The van der Waals surface area contributed by atoms with Crippen molar-refractivity contribution < 1.29 is 14.6 Å². The maximum absolute atomic E-state index is 11.0. The van der Waals surface area contributed by atoms with Gasteiger partial charge in [0.15, 0.2) is 0 Å². The van der Waals surface area contributed by atoms with Crippen LogP contribution in [0.25, 0.3) is 0 Å². The van der Waals surface area contributed by atoms with Crippen LogP contribution in [0.5, 0.6) is 0 Å². The zero-order valence-corrected chi connectivity index (χ0v) is 10.3. The van der Waals surface area contributed by atoms with Gasteiger partial charge < -0.3 is 15.2 Å². The molecule has 4 heteroatoms. The lowest BCUT2D eigenvalue weighted by Gasteiger charge is -2.03. The standard InChI is InChI=1S/C12H25NO3/c1-2-16-12(15)8-6-4-3-5-7-9-13-10-11-14/h13-14H,2-11H2,1H3. The first kappa shape index (κ1) is 15.4. The highest BCUT2D eigenvalue weighted by Gasteiger charge is 2.00. The summed E-state index contributed by atoms with van der Waals surface area (Å²) in [5, 5.41) is 11.7. The summed E-state index contributed by atoms with van der Waals surface area (Å²) in [6.07, 6.45) is 6.07. The summed E-state index contributed by atoms with van der Waals surface area (Å²) in [7, 11) is 0. The molecule has 0 amide bonds. The fourth-order valence-corrected chi connectivity index (χ4v) is 1.49. The van der Waals surface area contributed by atoms with E-state index >= 15 is 0 Å². The Bertz CT molecular complexity index is 162. The fraction of sp³-hybridized carbons (Fsp3) is 0.917. The lowest BCUT2D eigenvalue weighted by atomic mass is 10.1. The molecule has 0 aromatic rings. The molecule has 0 fully saturated rings. The first-order chi connectivity index (χ1) is 7.81. The predicted octanol–water partition coefficient (Wildman–Crippen LogP) is 1.47. The number of nitrogens with one attached hydrogen (secondary N) is 1. The van der Waals surface area contributed by atoms with Crippen LogP contribution in [-0.4, -0.2) is 37.4 Å². The van der Waals surface area contributed by atoms with E-state index in [1.54, 1.807) is 0 Å². The van der Waals surface area contributed by atoms with Crippen molar-refractivity contribution in [3.05, 3.63) is 0 Å². The van der Waals surface area contributed by atoms with E-state index in [1.807, 2.05) is 6.92 Å². The number of esters is 1. The molecular weight excluding hydrogens is 206 g/mol. The molecular formula is C12H25NO3. The van der Waals surface area contributed by atoms with Crippen molar-refractivity contribution in [3.8, 4) is 0 Å². The van der Waals surface area contributed by atoms with Crippen molar-refractivity contribution in [3.63, 3.8) is 0 Å². The second-order valence-electron chi connectivity index (χ2n) is 3.80. The number of aliphatic hydroxyl groups excluding tert-OH is 1. The Balaban J connectivity index is 3.01. The molecule has 0 aromatic carbocycles. The van der Waals surface area contributed by atoms with Crippen molar-refractivity contribution in [2.45, 2.75) is 45.4 Å². The maximum atomic E-state index is 11.0. The molecule has 0 aromatic heterocycles. The molecule has 0 radical (unpaired) electrons. The van der Waals surface area contributed by atoms with E-state index in [1.165, 1.54) is 12.8 Å². The van der Waals surface area contributed by atoms with Crippen LogP contribution in [0.4, 0.5) is 0 Å². The third kappa shape index (κ3) is 11.5. The molecule has 0 aliphatic rings. The molecule has 2 N–H and O–H groups in total. The Kier molecular flexibility index (Phi) is 12.0. The minimum absolute atomic E-state index is 0.0767. The van der Waals surface area contributed by atoms with Gasteiger partial charge in [0.2, 0.25) is 0 Å². The Morgan fingerprint density at radius 2 is 1.81 bits per heavy atom. The van der Waals surface area contributed by atoms with Gasteiger partial charge in [-0.15, -0.1) is 0 Å². The van der Waals surface area contributed by atoms with Gasteiger partial charge in [0.05, 0.1) is 13.2 Å². The van der Waals surface area contributed by atoms with E-state index in [4.69, 9.17) is 9.84 Å². The molecule has 0 atom stereocenters. The smallest absolute Gasteiger partial charge is 0.305 e. The average molecular weight is 231 g/mol. The van der Waals surface area contributed by atoms with Gasteiger partial charge in [-0.3, -0.25) is 4.79 Å². The van der Waals surface area contributed by atoms with Crippen molar-refractivity contribution in [1.29, 1.82) is 0 Å². The first-order valence-electron chi connectivity index (χ1n) is 6.28. The highest BCUT2D eigenvalue weighted by molar-refractivity contribution is 5.69. The zero-order chi connectivity index (χ0) is 12.1. The second kappa shape index (κ2) is 12.5. The Morgan fingerprint density at radius 1 is 1.12 bits per heavy atom. The summed E-state index contributed by atoms with van der Waals surface area (Å²) in [6, 6.07) is 0. The van der Waals surface area contributed by atoms with E-state index in [0.29, 0.717) is 19.6 Å². The van der Waals surface area contributed by atoms with Crippen LogP contribution in [-0.2, 0) is 9.53 Å². The van der Waals surface area contributed by atoms with Crippen molar-refractivity contribution in [2.24, 2.45) is 0 Å². The number of carbonyl (C=O) groups excluding carboxylic acids is 1. The van der Waals surface area contributed by atoms with Crippen molar-refractivity contribution in [2.75, 3.05) is 26.3 Å². The second-order valence-corrected chi connectivity index (χ2v) is 3.80. The molecule has 96 valence electrons. The lowest BCUT2D eigenvalue weighted by Crippen LogP contribution is -2.19. The van der Waals surface area contributed by atoms with Gasteiger partial charge in [0.25, 0.3) is 0 Å². The van der Waals surface area contributed by atoms with Gasteiger partial charge in [-0.2, -0.15) is 0 Å². The highest BCUT2D eigenvalue weighted by Crippen LogP contribution is 2.05. The molecule has 16 heavy (non-hydrogen) atoms. The van der Waals surface area contributed by atoms with E-state index in [-0.39, 0.29) is 12.6 Å². The predicted molar refractivity (Wildman–Crippen MR) is 64.3 cm³/mol. The molecule has 0 heterocycles. The van der Waals surface area contributed by atoms with E-state index < -0.39 is 0 Å². The molecule has 0 bridgehead atoms. The number of hydrogen-bond donors (Lipinski definition) is 2. The largest absolute Gasteiger partial charge is 0.466 e. The SMILES string of the molecule is CCOC(=O)CCCCCCCNCCO. The van der Waals surface area contributed by atoms with Crippen molar-refractivity contribution in [1.82, 2.24) is 5.32 Å². The highest BCUT2D eigenvalue weighted by atomic mass is 16.5. The van der Waals surface area contributed by atoms with Gasteiger partial charge >= 0.3 is 5.97 Å². The van der Waals surface area contributed by atoms with Crippen LogP contribution in [0.3, 0.4) is 0 Å². The van der Waals surface area contributed by atoms with Crippen LogP contribution in [0.1, 0.15) is 45.4 Å². The third-order valence-electron chi connectivity index (χ3n) is 2.33. The average Bonchev–Trinajstić information content (AvgIpc) is 2.27.